The molecule has 0 amide bonds. The molecule has 0 heterocycles. The normalized spacial score (nSPS) is 14.3. The lowest BCUT2D eigenvalue weighted by Crippen LogP contribution is -2.37. The molecule has 0 rings (SSSR count). The second kappa shape index (κ2) is 73.8. The molecule has 0 bridgehead atoms. The van der Waals surface area contributed by atoms with Crippen molar-refractivity contribution in [3.8, 4) is 0 Å². The molecule has 2 atom stereocenters. The zero-order valence-electron chi connectivity index (χ0n) is 61.5. The molecule has 9 nitrogen and oxygen atoms in total. The monoisotopic (exact) mass is 1350 g/mol. The summed E-state index contributed by atoms with van der Waals surface area (Å²) in [5.74, 6) is -0.837. The third kappa shape index (κ3) is 77.6. The first-order chi connectivity index (χ1) is 47.0. The number of carbonyl (C=O) groups is 2. The summed E-state index contributed by atoms with van der Waals surface area (Å²) in [6, 6.07) is 0. The highest BCUT2D eigenvalue weighted by Crippen LogP contribution is 2.43. The number of allylic oxidation sites excluding steroid dienone is 34. The Kier molecular flexibility index (Phi) is 69.7. The smallest absolute Gasteiger partial charge is 0.462 e. The molecular formula is C86H139NO8P+. The number of phosphoric acid groups is 1. The van der Waals surface area contributed by atoms with Gasteiger partial charge < -0.3 is 18.9 Å². The summed E-state index contributed by atoms with van der Waals surface area (Å²) in [6.07, 6.45) is 117. The topological polar surface area (TPSA) is 108 Å². The highest BCUT2D eigenvalue weighted by atomic mass is 31.2. The van der Waals surface area contributed by atoms with Gasteiger partial charge in [0.05, 0.1) is 27.7 Å². The molecule has 0 aromatic heterocycles. The van der Waals surface area contributed by atoms with Gasteiger partial charge in [-0.15, -0.1) is 0 Å². The molecule has 0 aliphatic carbocycles. The quantitative estimate of drug-likeness (QED) is 0.0211. The molecular weight excluding hydrogens is 1210 g/mol. The van der Waals surface area contributed by atoms with Crippen LogP contribution in [0.25, 0.3) is 0 Å². The summed E-state index contributed by atoms with van der Waals surface area (Å²) in [5, 5.41) is 0. The maximum absolute atomic E-state index is 12.9. The summed E-state index contributed by atoms with van der Waals surface area (Å²) < 4.78 is 34.7. The number of likely N-dealkylation sites (N-methyl/N-ethyl adjacent to an activating group) is 1. The van der Waals surface area contributed by atoms with Crippen molar-refractivity contribution in [3.05, 3.63) is 207 Å². The van der Waals surface area contributed by atoms with Crippen LogP contribution in [0.5, 0.6) is 0 Å². The van der Waals surface area contributed by atoms with E-state index in [4.69, 9.17) is 18.5 Å². The van der Waals surface area contributed by atoms with E-state index in [2.05, 4.69) is 220 Å². The van der Waals surface area contributed by atoms with Gasteiger partial charge in [-0.05, 0) is 148 Å². The van der Waals surface area contributed by atoms with Crippen LogP contribution in [0.3, 0.4) is 0 Å². The zero-order chi connectivity index (χ0) is 69.7. The van der Waals surface area contributed by atoms with Gasteiger partial charge in [0.25, 0.3) is 0 Å². The Morgan fingerprint density at radius 1 is 0.323 bits per heavy atom. The van der Waals surface area contributed by atoms with Gasteiger partial charge in [0.15, 0.2) is 6.10 Å². The van der Waals surface area contributed by atoms with Crippen molar-refractivity contribution in [2.75, 3.05) is 47.5 Å². The van der Waals surface area contributed by atoms with Crippen LogP contribution in [0.15, 0.2) is 207 Å². The molecule has 0 aliphatic rings. The number of nitrogens with zero attached hydrogens (tertiary/aromatic N) is 1. The Morgan fingerprint density at radius 3 is 0.833 bits per heavy atom. The predicted molar refractivity (Wildman–Crippen MR) is 417 cm³/mol. The van der Waals surface area contributed by atoms with Gasteiger partial charge >= 0.3 is 19.8 Å². The molecule has 2 unspecified atom stereocenters. The third-order valence-corrected chi connectivity index (χ3v) is 16.3. The average molecular weight is 1350 g/mol. The van der Waals surface area contributed by atoms with Gasteiger partial charge in [-0.2, -0.15) is 0 Å². The fraction of sp³-hybridized carbons (Fsp3) is 0.581. The standard InChI is InChI=1S/C86H138NO8P/c1-6-8-10-12-14-16-18-20-22-24-26-28-30-32-34-36-38-40-42-43-45-46-48-50-52-54-56-58-60-62-64-66-68-70-72-74-76-78-85(88)92-82-84(83-94-96(90,91)93-81-80-87(3,4)5)95-86(89)79-77-75-73-71-69-67-65-63-61-59-57-55-53-51-49-47-44-41-39-37-35-33-31-29-27-25-23-21-19-17-15-13-11-9-7-2/h8-11,14-17,20-23,26-29,32-35,38-41,43,45,47,49,53,55,59,61,65,67,84H,6-7,12-13,18-19,24-25,30-31,36-37,42,44,46,48,50-52,54,56-58,60,62-64,66,68-83H2,1-5H3/p+1/b10-8-,11-9-,16-14-,17-15-,22-20-,23-21-,28-26-,29-27-,34-32-,35-33-,40-38-,41-39-,45-43-,49-47-,55-53-,61-59-,67-65-. The van der Waals surface area contributed by atoms with Gasteiger partial charge in [-0.25, -0.2) is 4.57 Å². The summed E-state index contributed by atoms with van der Waals surface area (Å²) >= 11 is 0. The second-order valence-electron chi connectivity index (χ2n) is 25.6. The molecule has 0 aliphatic heterocycles. The number of ether oxygens (including phenoxy) is 2. The molecule has 0 aromatic rings. The van der Waals surface area contributed by atoms with E-state index in [0.717, 1.165) is 154 Å². The minimum absolute atomic E-state index is 0.0161. The molecule has 0 aromatic carbocycles. The van der Waals surface area contributed by atoms with Crippen molar-refractivity contribution >= 4 is 19.8 Å². The predicted octanol–water partition coefficient (Wildman–Crippen LogP) is 25.4. The highest BCUT2D eigenvalue weighted by molar-refractivity contribution is 7.47. The lowest BCUT2D eigenvalue weighted by atomic mass is 10.0. The Balaban J connectivity index is 4.13. The van der Waals surface area contributed by atoms with Crippen LogP contribution in [0.4, 0.5) is 0 Å². The molecule has 10 heteroatoms. The highest BCUT2D eigenvalue weighted by Gasteiger charge is 2.27. The fourth-order valence-electron chi connectivity index (χ4n) is 9.61. The third-order valence-electron chi connectivity index (χ3n) is 15.3. The van der Waals surface area contributed by atoms with Crippen molar-refractivity contribution in [1.29, 1.82) is 0 Å². The van der Waals surface area contributed by atoms with Crippen LogP contribution in [0, 0.1) is 0 Å². The molecule has 96 heavy (non-hydrogen) atoms. The van der Waals surface area contributed by atoms with Crippen LogP contribution in [-0.4, -0.2) is 74.9 Å². The van der Waals surface area contributed by atoms with E-state index in [0.29, 0.717) is 17.4 Å². The molecule has 0 radical (unpaired) electrons. The fourth-order valence-corrected chi connectivity index (χ4v) is 10.4. The number of hydrogen-bond acceptors (Lipinski definition) is 7. The van der Waals surface area contributed by atoms with Crippen molar-refractivity contribution in [2.45, 2.75) is 277 Å². The van der Waals surface area contributed by atoms with Gasteiger partial charge in [-0.1, -0.05) is 317 Å². The van der Waals surface area contributed by atoms with Crippen LogP contribution in [0.1, 0.15) is 271 Å². The minimum Gasteiger partial charge on any atom is -0.462 e. The number of quaternary nitrogens is 1. The van der Waals surface area contributed by atoms with E-state index in [1.165, 1.54) is 83.5 Å². The molecule has 0 saturated heterocycles. The Hall–Kier alpha value is -5.41. The van der Waals surface area contributed by atoms with Crippen molar-refractivity contribution in [1.82, 2.24) is 0 Å². The largest absolute Gasteiger partial charge is 0.472 e. The van der Waals surface area contributed by atoms with Gasteiger partial charge in [0.1, 0.15) is 19.8 Å². The Labute approximate surface area is 589 Å². The van der Waals surface area contributed by atoms with Gasteiger partial charge in [0, 0.05) is 12.8 Å². The first kappa shape index (κ1) is 90.6. The van der Waals surface area contributed by atoms with E-state index in [-0.39, 0.29) is 32.0 Å². The minimum atomic E-state index is -4.42. The molecule has 0 fully saturated rings. The Bertz CT molecular complexity index is 2380. The van der Waals surface area contributed by atoms with E-state index in [9.17, 15) is 19.0 Å². The first-order valence-electron chi connectivity index (χ1n) is 37.8. The van der Waals surface area contributed by atoms with E-state index >= 15 is 0 Å². The van der Waals surface area contributed by atoms with Gasteiger partial charge in [-0.3, -0.25) is 18.6 Å². The van der Waals surface area contributed by atoms with E-state index in [1.54, 1.807) is 0 Å². The summed E-state index contributed by atoms with van der Waals surface area (Å²) in [6.45, 7) is 4.16. The second-order valence-corrected chi connectivity index (χ2v) is 27.0. The summed E-state index contributed by atoms with van der Waals surface area (Å²) in [5.41, 5.74) is 0. The number of rotatable bonds is 67. The summed E-state index contributed by atoms with van der Waals surface area (Å²) in [7, 11) is 1.44. The molecule has 1 N–H and O–H groups in total. The van der Waals surface area contributed by atoms with Crippen LogP contribution >= 0.6 is 7.82 Å². The van der Waals surface area contributed by atoms with E-state index < -0.39 is 26.5 Å². The molecule has 540 valence electrons. The summed E-state index contributed by atoms with van der Waals surface area (Å²) in [4.78, 5) is 35.9. The lowest BCUT2D eigenvalue weighted by Gasteiger charge is -2.24. The first-order valence-corrected chi connectivity index (χ1v) is 39.3. The van der Waals surface area contributed by atoms with Crippen LogP contribution in [0.2, 0.25) is 0 Å². The van der Waals surface area contributed by atoms with Crippen LogP contribution < -0.4 is 0 Å². The number of carbonyl (C=O) groups excluding carboxylic acids is 2. The maximum Gasteiger partial charge on any atom is 0.472 e. The SMILES string of the molecule is CC/C=C\C/C=C\C/C=C\C/C=C\C/C=C\C/C=C\C/C=C\C/C=C\C/C=C\C/C=C\CCCCCCC(=O)OC(COC(=O)CCCCCCCCCCCCCCCCC/C=C\C/C=C\C/C=C\C/C=C\C/C=C\C/C=C\C/C=C\CC)COP(=O)(O)OCC[N+](C)(C)C. The van der Waals surface area contributed by atoms with Gasteiger partial charge in [0.2, 0.25) is 0 Å². The number of unbranched alkanes of at least 4 members (excludes halogenated alkanes) is 19. The van der Waals surface area contributed by atoms with Crippen molar-refractivity contribution < 1.29 is 42.1 Å². The lowest BCUT2D eigenvalue weighted by molar-refractivity contribution is -0.870. The van der Waals surface area contributed by atoms with Crippen LogP contribution in [-0.2, 0) is 32.7 Å². The molecule has 0 saturated carbocycles. The number of phosphoric ester groups is 1. The average Bonchev–Trinajstić information content (AvgIpc) is 2.74. The number of hydrogen-bond donors (Lipinski definition) is 1. The zero-order valence-corrected chi connectivity index (χ0v) is 62.4. The maximum atomic E-state index is 12.9. The number of esters is 2. The Morgan fingerprint density at radius 2 is 0.562 bits per heavy atom. The van der Waals surface area contributed by atoms with Crippen molar-refractivity contribution in [3.63, 3.8) is 0 Å². The molecule has 0 spiro atoms. The van der Waals surface area contributed by atoms with E-state index in [1.807, 2.05) is 21.1 Å². The van der Waals surface area contributed by atoms with Crippen molar-refractivity contribution in [2.24, 2.45) is 0 Å².